The highest BCUT2D eigenvalue weighted by Crippen LogP contribution is 2.32. The molecule has 25 heavy (non-hydrogen) atoms. The number of pyridine rings is 1. The number of rotatable bonds is 2. The quantitative estimate of drug-likeness (QED) is 0.721. The van der Waals surface area contributed by atoms with E-state index in [9.17, 15) is 9.18 Å². The Labute approximate surface area is 143 Å². The van der Waals surface area contributed by atoms with Crippen molar-refractivity contribution in [2.75, 3.05) is 11.4 Å². The summed E-state index contributed by atoms with van der Waals surface area (Å²) in [7, 11) is 0. The molecule has 1 aliphatic heterocycles. The van der Waals surface area contributed by atoms with E-state index in [1.807, 2.05) is 6.92 Å². The first-order valence-corrected chi connectivity index (χ1v) is 7.85. The number of imidazole rings is 1. The van der Waals surface area contributed by atoms with Crippen molar-refractivity contribution in [3.63, 3.8) is 0 Å². The number of halogens is 1. The van der Waals surface area contributed by atoms with Gasteiger partial charge in [0.2, 0.25) is 5.88 Å². The molecule has 7 heteroatoms. The van der Waals surface area contributed by atoms with Crippen LogP contribution in [0.4, 0.5) is 10.1 Å². The van der Waals surface area contributed by atoms with Crippen LogP contribution in [0.5, 0.6) is 5.88 Å². The third-order valence-corrected chi connectivity index (χ3v) is 4.00. The number of carbonyl (C=O) groups excluding carboxylic acids is 1. The molecule has 3 aromatic rings. The molecule has 0 saturated carbocycles. The molecular formula is C18H15FN4O2. The Balaban J connectivity index is 1.73. The SMILES string of the molecule is C[C@H]1CN(C(=O)c2cncn2-c2ccc(F)cc2)c2cccnc2O1. The van der Waals surface area contributed by atoms with Crippen molar-refractivity contribution in [3.8, 4) is 11.6 Å². The van der Waals surface area contributed by atoms with E-state index >= 15 is 0 Å². The molecule has 126 valence electrons. The van der Waals surface area contributed by atoms with E-state index in [-0.39, 0.29) is 17.8 Å². The summed E-state index contributed by atoms with van der Waals surface area (Å²) in [5.41, 5.74) is 1.67. The summed E-state index contributed by atoms with van der Waals surface area (Å²) in [5, 5.41) is 0. The molecule has 1 aromatic carbocycles. The van der Waals surface area contributed by atoms with E-state index in [2.05, 4.69) is 9.97 Å². The predicted octanol–water partition coefficient (Wildman–Crippen LogP) is 2.83. The highest BCUT2D eigenvalue weighted by Gasteiger charge is 2.30. The van der Waals surface area contributed by atoms with Crippen molar-refractivity contribution >= 4 is 11.6 Å². The molecule has 1 amide bonds. The van der Waals surface area contributed by atoms with Gasteiger partial charge in [0, 0.05) is 11.9 Å². The second kappa shape index (κ2) is 6.01. The van der Waals surface area contributed by atoms with E-state index in [1.54, 1.807) is 39.9 Å². The summed E-state index contributed by atoms with van der Waals surface area (Å²) >= 11 is 0. The summed E-state index contributed by atoms with van der Waals surface area (Å²) < 4.78 is 20.5. The zero-order valence-electron chi connectivity index (χ0n) is 13.5. The normalized spacial score (nSPS) is 16.2. The van der Waals surface area contributed by atoms with Gasteiger partial charge in [-0.05, 0) is 43.3 Å². The molecule has 1 atom stereocenters. The fourth-order valence-electron chi connectivity index (χ4n) is 2.85. The van der Waals surface area contributed by atoms with Crippen LogP contribution in [0.15, 0.2) is 55.1 Å². The highest BCUT2D eigenvalue weighted by molar-refractivity contribution is 6.06. The summed E-state index contributed by atoms with van der Waals surface area (Å²) in [6.07, 6.45) is 4.49. The molecule has 2 aromatic heterocycles. The molecule has 1 aliphatic rings. The van der Waals surface area contributed by atoms with E-state index in [4.69, 9.17) is 4.74 Å². The monoisotopic (exact) mass is 338 g/mol. The highest BCUT2D eigenvalue weighted by atomic mass is 19.1. The number of hydrogen-bond donors (Lipinski definition) is 0. The van der Waals surface area contributed by atoms with Crippen LogP contribution in [0.25, 0.3) is 5.69 Å². The van der Waals surface area contributed by atoms with Gasteiger partial charge in [0.05, 0.1) is 19.1 Å². The lowest BCUT2D eigenvalue weighted by Gasteiger charge is -2.32. The van der Waals surface area contributed by atoms with Crippen molar-refractivity contribution in [1.82, 2.24) is 14.5 Å². The lowest BCUT2D eigenvalue weighted by molar-refractivity contribution is 0.0952. The number of carbonyl (C=O) groups is 1. The topological polar surface area (TPSA) is 60.2 Å². The second-order valence-corrected chi connectivity index (χ2v) is 5.80. The molecule has 0 unspecified atom stereocenters. The summed E-state index contributed by atoms with van der Waals surface area (Å²) in [6.45, 7) is 2.29. The van der Waals surface area contributed by atoms with Crippen molar-refractivity contribution in [2.45, 2.75) is 13.0 Å². The number of benzene rings is 1. The molecule has 0 saturated heterocycles. The standard InChI is InChI=1S/C18H15FN4O2/c1-12-10-22(15-3-2-8-21-17(15)25-12)18(24)16-9-20-11-23(16)14-6-4-13(19)5-7-14/h2-9,11-12H,10H2,1H3/t12-/m0/s1. The number of amides is 1. The molecule has 3 heterocycles. The van der Waals surface area contributed by atoms with Crippen LogP contribution < -0.4 is 9.64 Å². The van der Waals surface area contributed by atoms with Gasteiger partial charge in [-0.2, -0.15) is 0 Å². The first kappa shape index (κ1) is 15.3. The van der Waals surface area contributed by atoms with Crippen LogP contribution >= 0.6 is 0 Å². The van der Waals surface area contributed by atoms with Gasteiger partial charge in [-0.1, -0.05) is 0 Å². The number of fused-ring (bicyclic) bond motifs is 1. The first-order chi connectivity index (χ1) is 12.1. The van der Waals surface area contributed by atoms with Gasteiger partial charge in [-0.15, -0.1) is 0 Å². The van der Waals surface area contributed by atoms with Crippen molar-refractivity contribution in [2.24, 2.45) is 0 Å². The minimum atomic E-state index is -0.334. The van der Waals surface area contributed by atoms with Crippen LogP contribution in [0.2, 0.25) is 0 Å². The Morgan fingerprint density at radius 1 is 1.28 bits per heavy atom. The molecule has 0 aliphatic carbocycles. The molecule has 0 bridgehead atoms. The molecule has 4 rings (SSSR count). The molecular weight excluding hydrogens is 323 g/mol. The van der Waals surface area contributed by atoms with Crippen molar-refractivity contribution < 1.29 is 13.9 Å². The lowest BCUT2D eigenvalue weighted by atomic mass is 10.2. The van der Waals surface area contributed by atoms with Gasteiger partial charge >= 0.3 is 0 Å². The Hall–Kier alpha value is -3.22. The average Bonchev–Trinajstić information content (AvgIpc) is 3.10. The van der Waals surface area contributed by atoms with Crippen LogP contribution in [0.1, 0.15) is 17.4 Å². The molecule has 0 N–H and O–H groups in total. The van der Waals surface area contributed by atoms with Crippen LogP contribution in [0.3, 0.4) is 0 Å². The summed E-state index contributed by atoms with van der Waals surface area (Å²) in [6, 6.07) is 9.45. The predicted molar refractivity (Wildman–Crippen MR) is 89.5 cm³/mol. The van der Waals surface area contributed by atoms with Gasteiger partial charge in [-0.3, -0.25) is 14.3 Å². The number of hydrogen-bond acceptors (Lipinski definition) is 4. The Kier molecular flexibility index (Phi) is 3.68. The zero-order chi connectivity index (χ0) is 17.4. The molecule has 0 spiro atoms. The van der Waals surface area contributed by atoms with E-state index in [1.165, 1.54) is 24.7 Å². The Morgan fingerprint density at radius 2 is 2.08 bits per heavy atom. The van der Waals surface area contributed by atoms with Gasteiger partial charge < -0.3 is 4.74 Å². The summed E-state index contributed by atoms with van der Waals surface area (Å²) in [5.74, 6) is -0.118. The van der Waals surface area contributed by atoms with Crippen LogP contribution in [-0.2, 0) is 0 Å². The third kappa shape index (κ3) is 2.73. The zero-order valence-corrected chi connectivity index (χ0v) is 13.5. The van der Waals surface area contributed by atoms with E-state index in [0.29, 0.717) is 29.5 Å². The van der Waals surface area contributed by atoms with Crippen LogP contribution in [0, 0.1) is 5.82 Å². The molecule has 6 nitrogen and oxygen atoms in total. The minimum absolute atomic E-state index is 0.173. The van der Waals surface area contributed by atoms with E-state index in [0.717, 1.165) is 0 Å². The minimum Gasteiger partial charge on any atom is -0.471 e. The maximum atomic E-state index is 13.2. The van der Waals surface area contributed by atoms with Gasteiger partial charge in [0.15, 0.2) is 0 Å². The maximum absolute atomic E-state index is 13.2. The first-order valence-electron chi connectivity index (χ1n) is 7.85. The van der Waals surface area contributed by atoms with Crippen LogP contribution in [-0.4, -0.2) is 33.1 Å². The average molecular weight is 338 g/mol. The Bertz CT molecular complexity index is 923. The fraction of sp³-hybridized carbons (Fsp3) is 0.167. The summed E-state index contributed by atoms with van der Waals surface area (Å²) in [4.78, 5) is 23.1. The lowest BCUT2D eigenvalue weighted by Crippen LogP contribution is -2.43. The van der Waals surface area contributed by atoms with Gasteiger partial charge in [-0.25, -0.2) is 14.4 Å². The maximum Gasteiger partial charge on any atom is 0.277 e. The van der Waals surface area contributed by atoms with E-state index < -0.39 is 0 Å². The second-order valence-electron chi connectivity index (χ2n) is 5.80. The van der Waals surface area contributed by atoms with Crippen molar-refractivity contribution in [3.05, 3.63) is 66.6 Å². The number of anilines is 1. The van der Waals surface area contributed by atoms with Crippen molar-refractivity contribution in [1.29, 1.82) is 0 Å². The van der Waals surface area contributed by atoms with Gasteiger partial charge in [0.25, 0.3) is 5.91 Å². The fourth-order valence-corrected chi connectivity index (χ4v) is 2.85. The molecule has 0 radical (unpaired) electrons. The number of ether oxygens (including phenoxy) is 1. The number of aromatic nitrogens is 3. The molecule has 0 fully saturated rings. The number of nitrogens with zero attached hydrogens (tertiary/aromatic N) is 4. The largest absolute Gasteiger partial charge is 0.471 e. The third-order valence-electron chi connectivity index (χ3n) is 4.00. The smallest absolute Gasteiger partial charge is 0.277 e. The Morgan fingerprint density at radius 3 is 2.88 bits per heavy atom. The van der Waals surface area contributed by atoms with Gasteiger partial charge in [0.1, 0.15) is 23.3 Å².